The van der Waals surface area contributed by atoms with E-state index in [9.17, 15) is 14.9 Å². The van der Waals surface area contributed by atoms with Crippen molar-refractivity contribution in [1.29, 1.82) is 5.26 Å². The zero-order valence-electron chi connectivity index (χ0n) is 20.1. The molecule has 0 saturated carbocycles. The average molecular weight is 500 g/mol. The molecule has 1 amide bonds. The highest BCUT2D eigenvalue weighted by Gasteiger charge is 2.36. The van der Waals surface area contributed by atoms with E-state index >= 15 is 0 Å². The van der Waals surface area contributed by atoms with Gasteiger partial charge in [0.25, 0.3) is 5.91 Å². The number of dihydropyridines is 1. The maximum Gasteiger partial charge on any atom is 0.254 e. The molecular formula is C28H25N3O4S. The molecule has 1 aliphatic rings. The van der Waals surface area contributed by atoms with E-state index in [2.05, 4.69) is 16.7 Å². The minimum Gasteiger partial charge on any atom is -0.497 e. The van der Waals surface area contributed by atoms with Gasteiger partial charge in [-0.3, -0.25) is 9.59 Å². The van der Waals surface area contributed by atoms with Gasteiger partial charge in [0.05, 0.1) is 47.3 Å². The van der Waals surface area contributed by atoms with Crippen molar-refractivity contribution in [1.82, 2.24) is 5.32 Å². The summed E-state index contributed by atoms with van der Waals surface area (Å²) in [7, 11) is 1.57. The number of aryl methyl sites for hydroxylation is 1. The first-order valence-corrected chi connectivity index (χ1v) is 12.2. The van der Waals surface area contributed by atoms with Crippen molar-refractivity contribution >= 4 is 29.1 Å². The van der Waals surface area contributed by atoms with Crippen LogP contribution in [-0.2, 0) is 4.79 Å². The number of rotatable bonds is 8. The first kappa shape index (κ1) is 24.9. The standard InChI is InChI=1S/C28H25N3O4S/c1-17-7-4-5-8-22(17)31-27(33)25-18(2)30-28(21(15-29)26(25)24-9-6-14-35-24)36-16-23(32)19-10-12-20(34-3)13-11-19/h4-14,26,30H,16H2,1-3H3,(H,31,33). The molecule has 0 bridgehead atoms. The number of ketones is 1. The van der Waals surface area contributed by atoms with E-state index in [-0.39, 0.29) is 17.4 Å². The van der Waals surface area contributed by atoms with Gasteiger partial charge < -0.3 is 19.8 Å². The maximum absolute atomic E-state index is 13.5. The van der Waals surface area contributed by atoms with Gasteiger partial charge in [0.15, 0.2) is 5.78 Å². The molecule has 2 heterocycles. The lowest BCUT2D eigenvalue weighted by Crippen LogP contribution is -2.31. The van der Waals surface area contributed by atoms with Gasteiger partial charge in [0.2, 0.25) is 0 Å². The molecule has 0 radical (unpaired) electrons. The summed E-state index contributed by atoms with van der Waals surface area (Å²) < 4.78 is 10.8. The number of carbonyl (C=O) groups excluding carboxylic acids is 2. The molecule has 36 heavy (non-hydrogen) atoms. The molecule has 1 aromatic heterocycles. The van der Waals surface area contributed by atoms with Crippen molar-refractivity contribution in [2.24, 2.45) is 0 Å². The van der Waals surface area contributed by atoms with E-state index in [1.807, 2.05) is 31.2 Å². The molecule has 2 N–H and O–H groups in total. The first-order valence-electron chi connectivity index (χ1n) is 11.3. The molecule has 0 saturated heterocycles. The minimum atomic E-state index is -0.714. The highest BCUT2D eigenvalue weighted by atomic mass is 32.2. The van der Waals surface area contributed by atoms with Gasteiger partial charge in [-0.15, -0.1) is 0 Å². The molecule has 7 nitrogen and oxygen atoms in total. The number of para-hydroxylation sites is 1. The van der Waals surface area contributed by atoms with Gasteiger partial charge >= 0.3 is 0 Å². The van der Waals surface area contributed by atoms with E-state index < -0.39 is 5.92 Å². The number of thioether (sulfide) groups is 1. The van der Waals surface area contributed by atoms with Crippen LogP contribution in [-0.4, -0.2) is 24.6 Å². The van der Waals surface area contributed by atoms with Crippen molar-refractivity contribution in [2.75, 3.05) is 18.2 Å². The zero-order chi connectivity index (χ0) is 25.7. The lowest BCUT2D eigenvalue weighted by Gasteiger charge is -2.28. The van der Waals surface area contributed by atoms with E-state index in [1.165, 1.54) is 18.0 Å². The summed E-state index contributed by atoms with van der Waals surface area (Å²) in [5.74, 6) is 0.121. The van der Waals surface area contributed by atoms with E-state index in [0.29, 0.717) is 44.6 Å². The van der Waals surface area contributed by atoms with Crippen LogP contribution in [0, 0.1) is 18.3 Å². The second-order valence-electron chi connectivity index (χ2n) is 8.18. The van der Waals surface area contributed by atoms with Gasteiger partial charge in [-0.1, -0.05) is 30.0 Å². The molecule has 182 valence electrons. The third-order valence-electron chi connectivity index (χ3n) is 5.87. The number of nitriles is 1. The Morgan fingerprint density at radius 2 is 1.86 bits per heavy atom. The molecule has 2 aromatic carbocycles. The summed E-state index contributed by atoms with van der Waals surface area (Å²) in [6.45, 7) is 3.69. The monoisotopic (exact) mass is 499 g/mol. The fourth-order valence-electron chi connectivity index (χ4n) is 3.97. The summed E-state index contributed by atoms with van der Waals surface area (Å²) in [6.07, 6.45) is 1.51. The van der Waals surface area contributed by atoms with Crippen LogP contribution < -0.4 is 15.4 Å². The van der Waals surface area contributed by atoms with Crippen molar-refractivity contribution in [2.45, 2.75) is 19.8 Å². The number of allylic oxidation sites excluding steroid dienone is 2. The lowest BCUT2D eigenvalue weighted by molar-refractivity contribution is -0.113. The number of nitrogens with one attached hydrogen (secondary N) is 2. The van der Waals surface area contributed by atoms with Crippen LogP contribution in [0.5, 0.6) is 5.75 Å². The maximum atomic E-state index is 13.5. The number of hydrogen-bond acceptors (Lipinski definition) is 7. The Morgan fingerprint density at radius 1 is 1.11 bits per heavy atom. The predicted molar refractivity (Wildman–Crippen MR) is 140 cm³/mol. The van der Waals surface area contributed by atoms with Crippen molar-refractivity contribution in [3.63, 3.8) is 0 Å². The molecular weight excluding hydrogens is 474 g/mol. The number of amides is 1. The SMILES string of the molecule is COc1ccc(C(=O)CSC2=C(C#N)C(c3ccco3)C(C(=O)Nc3ccccc3C)=C(C)N2)cc1. The van der Waals surface area contributed by atoms with Gasteiger partial charge in [-0.05, 0) is 61.9 Å². The fourth-order valence-corrected chi connectivity index (χ4v) is 4.95. The number of hydrogen-bond donors (Lipinski definition) is 2. The molecule has 0 spiro atoms. The van der Waals surface area contributed by atoms with E-state index in [4.69, 9.17) is 9.15 Å². The quantitative estimate of drug-likeness (QED) is 0.392. The number of anilines is 1. The smallest absolute Gasteiger partial charge is 0.254 e. The highest BCUT2D eigenvalue weighted by molar-refractivity contribution is 8.03. The van der Waals surface area contributed by atoms with E-state index in [0.717, 1.165) is 5.56 Å². The summed E-state index contributed by atoms with van der Waals surface area (Å²) in [5.41, 5.74) is 3.45. The van der Waals surface area contributed by atoms with Crippen LogP contribution in [0.1, 0.15) is 34.5 Å². The Kier molecular flexibility index (Phi) is 7.62. The third-order valence-corrected chi connectivity index (χ3v) is 6.89. The van der Waals surface area contributed by atoms with Crippen LogP contribution >= 0.6 is 11.8 Å². The summed E-state index contributed by atoms with van der Waals surface area (Å²) in [6, 6.07) is 20.1. The van der Waals surface area contributed by atoms with Crippen molar-refractivity contribution in [3.05, 3.63) is 106 Å². The van der Waals surface area contributed by atoms with Crippen molar-refractivity contribution in [3.8, 4) is 11.8 Å². The normalized spacial score (nSPS) is 15.2. The molecule has 3 aromatic rings. The molecule has 1 aliphatic heterocycles. The Bertz CT molecular complexity index is 1380. The summed E-state index contributed by atoms with van der Waals surface area (Å²) in [4.78, 5) is 26.2. The van der Waals surface area contributed by atoms with Gasteiger partial charge in [0, 0.05) is 16.9 Å². The highest BCUT2D eigenvalue weighted by Crippen LogP contribution is 2.41. The third kappa shape index (κ3) is 5.21. The molecule has 8 heteroatoms. The van der Waals surface area contributed by atoms with Crippen LogP contribution in [0.2, 0.25) is 0 Å². The number of nitrogens with zero attached hydrogens (tertiary/aromatic N) is 1. The van der Waals surface area contributed by atoms with Crippen LogP contribution in [0.3, 0.4) is 0 Å². The molecule has 0 fully saturated rings. The lowest BCUT2D eigenvalue weighted by atomic mass is 9.85. The predicted octanol–water partition coefficient (Wildman–Crippen LogP) is 5.55. The fraction of sp³-hybridized carbons (Fsp3) is 0.179. The van der Waals surface area contributed by atoms with Crippen LogP contribution in [0.4, 0.5) is 5.69 Å². The van der Waals surface area contributed by atoms with Crippen LogP contribution in [0.25, 0.3) is 0 Å². The number of Topliss-reactive ketones (excluding diaryl/α,β-unsaturated/α-hetero) is 1. The Labute approximate surface area is 213 Å². The summed E-state index contributed by atoms with van der Waals surface area (Å²) in [5, 5.41) is 16.8. The van der Waals surface area contributed by atoms with Gasteiger partial charge in [0.1, 0.15) is 11.5 Å². The van der Waals surface area contributed by atoms with Gasteiger partial charge in [-0.2, -0.15) is 5.26 Å². The second kappa shape index (κ2) is 11.0. The Hall–Kier alpha value is -4.22. The number of carbonyl (C=O) groups is 2. The summed E-state index contributed by atoms with van der Waals surface area (Å²) >= 11 is 1.23. The zero-order valence-corrected chi connectivity index (χ0v) is 20.9. The van der Waals surface area contributed by atoms with Crippen LogP contribution in [0.15, 0.2) is 93.2 Å². The number of methoxy groups -OCH3 is 1. The van der Waals surface area contributed by atoms with Gasteiger partial charge in [-0.25, -0.2) is 0 Å². The minimum absolute atomic E-state index is 0.0893. The largest absolute Gasteiger partial charge is 0.497 e. The Morgan fingerprint density at radius 3 is 2.50 bits per heavy atom. The topological polar surface area (TPSA) is 104 Å². The molecule has 1 unspecified atom stereocenters. The van der Waals surface area contributed by atoms with E-state index in [1.54, 1.807) is 50.4 Å². The number of ether oxygens (including phenoxy) is 1. The number of furan rings is 1. The Balaban J connectivity index is 1.62. The molecule has 0 aliphatic carbocycles. The van der Waals surface area contributed by atoms with Crippen molar-refractivity contribution < 1.29 is 18.7 Å². The molecule has 1 atom stereocenters. The molecule has 4 rings (SSSR count). The first-order chi connectivity index (χ1) is 17.4. The second-order valence-corrected chi connectivity index (χ2v) is 9.16. The number of benzene rings is 2. The average Bonchev–Trinajstić information content (AvgIpc) is 3.43.